The second kappa shape index (κ2) is 4.03. The SMILES string of the molecule is COC(=O)Cc1c(C)sc2ccccc12. The molecule has 15 heavy (non-hydrogen) atoms. The average molecular weight is 220 g/mol. The highest BCUT2D eigenvalue weighted by atomic mass is 32.1. The predicted octanol–water partition coefficient (Wildman–Crippen LogP) is 2.93. The fraction of sp³-hybridized carbons (Fsp3) is 0.250. The van der Waals surface area contributed by atoms with Crippen LogP contribution < -0.4 is 0 Å². The van der Waals surface area contributed by atoms with Crippen molar-refractivity contribution in [2.24, 2.45) is 0 Å². The van der Waals surface area contributed by atoms with Crippen LogP contribution in [0.1, 0.15) is 10.4 Å². The van der Waals surface area contributed by atoms with E-state index in [9.17, 15) is 4.79 Å². The number of ether oxygens (including phenoxy) is 1. The number of hydrogen-bond donors (Lipinski definition) is 0. The second-order valence-corrected chi connectivity index (χ2v) is 4.64. The first-order chi connectivity index (χ1) is 7.22. The molecule has 2 nitrogen and oxygen atoms in total. The van der Waals surface area contributed by atoms with Crippen molar-refractivity contribution in [2.45, 2.75) is 13.3 Å². The summed E-state index contributed by atoms with van der Waals surface area (Å²) in [5, 5.41) is 1.17. The van der Waals surface area contributed by atoms with Gasteiger partial charge < -0.3 is 4.74 Å². The van der Waals surface area contributed by atoms with E-state index < -0.39 is 0 Å². The Labute approximate surface area is 92.5 Å². The Morgan fingerprint density at radius 1 is 1.40 bits per heavy atom. The summed E-state index contributed by atoms with van der Waals surface area (Å²) < 4.78 is 5.92. The van der Waals surface area contributed by atoms with Crippen molar-refractivity contribution >= 4 is 27.4 Å². The van der Waals surface area contributed by atoms with Crippen molar-refractivity contribution in [1.82, 2.24) is 0 Å². The minimum Gasteiger partial charge on any atom is -0.469 e. The first kappa shape index (κ1) is 10.2. The molecule has 0 aliphatic rings. The number of rotatable bonds is 2. The summed E-state index contributed by atoms with van der Waals surface area (Å²) in [7, 11) is 1.42. The molecule has 0 bridgehead atoms. The van der Waals surface area contributed by atoms with Crippen molar-refractivity contribution in [3.63, 3.8) is 0 Å². The van der Waals surface area contributed by atoms with Gasteiger partial charge in [0.2, 0.25) is 0 Å². The maximum absolute atomic E-state index is 11.3. The molecule has 1 heterocycles. The van der Waals surface area contributed by atoms with Crippen molar-refractivity contribution in [3.05, 3.63) is 34.7 Å². The average Bonchev–Trinajstić information content (AvgIpc) is 2.55. The summed E-state index contributed by atoms with van der Waals surface area (Å²) in [5.74, 6) is -0.179. The monoisotopic (exact) mass is 220 g/mol. The quantitative estimate of drug-likeness (QED) is 0.727. The van der Waals surface area contributed by atoms with Crippen molar-refractivity contribution in [1.29, 1.82) is 0 Å². The molecule has 0 radical (unpaired) electrons. The number of carbonyl (C=O) groups excluding carboxylic acids is 1. The van der Waals surface area contributed by atoms with Crippen molar-refractivity contribution in [3.8, 4) is 0 Å². The molecule has 0 unspecified atom stereocenters. The second-order valence-electron chi connectivity index (χ2n) is 3.39. The van der Waals surface area contributed by atoms with Crippen LogP contribution in [-0.4, -0.2) is 13.1 Å². The third-order valence-corrected chi connectivity index (χ3v) is 3.58. The molecule has 0 aliphatic heterocycles. The van der Waals surface area contributed by atoms with Crippen LogP contribution >= 0.6 is 11.3 Å². The summed E-state index contributed by atoms with van der Waals surface area (Å²) in [5.41, 5.74) is 1.10. The van der Waals surface area contributed by atoms with Crippen LogP contribution in [0.2, 0.25) is 0 Å². The maximum atomic E-state index is 11.3. The standard InChI is InChI=1S/C12H12O2S/c1-8-10(7-12(13)14-2)9-5-3-4-6-11(9)15-8/h3-6H,7H2,1-2H3. The number of fused-ring (bicyclic) bond motifs is 1. The van der Waals surface area contributed by atoms with Gasteiger partial charge in [-0.3, -0.25) is 4.79 Å². The first-order valence-corrected chi connectivity index (χ1v) is 5.58. The lowest BCUT2D eigenvalue weighted by Gasteiger charge is -1.99. The first-order valence-electron chi connectivity index (χ1n) is 4.76. The molecular weight excluding hydrogens is 208 g/mol. The predicted molar refractivity (Wildman–Crippen MR) is 62.3 cm³/mol. The summed E-state index contributed by atoms with van der Waals surface area (Å²) in [6.45, 7) is 2.04. The lowest BCUT2D eigenvalue weighted by atomic mass is 10.1. The topological polar surface area (TPSA) is 26.3 Å². The Bertz CT molecular complexity index is 499. The summed E-state index contributed by atoms with van der Waals surface area (Å²) in [6.07, 6.45) is 0.367. The van der Waals surface area contributed by atoms with E-state index in [0.717, 1.165) is 5.56 Å². The molecule has 0 spiro atoms. The van der Waals surface area contributed by atoms with Gasteiger partial charge in [-0.1, -0.05) is 18.2 Å². The zero-order valence-electron chi connectivity index (χ0n) is 8.74. The van der Waals surface area contributed by atoms with Gasteiger partial charge in [0.05, 0.1) is 13.5 Å². The van der Waals surface area contributed by atoms with Crippen LogP contribution in [0.4, 0.5) is 0 Å². The Morgan fingerprint density at radius 2 is 2.13 bits per heavy atom. The number of methoxy groups -OCH3 is 1. The van der Waals surface area contributed by atoms with Gasteiger partial charge in [-0.05, 0) is 23.9 Å². The van der Waals surface area contributed by atoms with E-state index in [1.165, 1.54) is 22.1 Å². The van der Waals surface area contributed by atoms with Gasteiger partial charge in [-0.2, -0.15) is 0 Å². The van der Waals surface area contributed by atoms with E-state index >= 15 is 0 Å². The van der Waals surface area contributed by atoms with Gasteiger partial charge in [0.1, 0.15) is 0 Å². The zero-order chi connectivity index (χ0) is 10.8. The zero-order valence-corrected chi connectivity index (χ0v) is 9.56. The third-order valence-electron chi connectivity index (χ3n) is 2.45. The largest absolute Gasteiger partial charge is 0.469 e. The highest BCUT2D eigenvalue weighted by Crippen LogP contribution is 2.30. The highest BCUT2D eigenvalue weighted by Gasteiger charge is 2.12. The molecule has 0 saturated carbocycles. The van der Waals surface area contributed by atoms with E-state index in [1.54, 1.807) is 11.3 Å². The molecule has 0 saturated heterocycles. The molecule has 2 aromatic rings. The van der Waals surface area contributed by atoms with Crippen LogP contribution in [0.15, 0.2) is 24.3 Å². The molecule has 0 N–H and O–H groups in total. The molecule has 0 amide bonds. The lowest BCUT2D eigenvalue weighted by Crippen LogP contribution is -2.04. The van der Waals surface area contributed by atoms with Crippen molar-refractivity contribution in [2.75, 3.05) is 7.11 Å². The van der Waals surface area contributed by atoms with Crippen LogP contribution in [0.3, 0.4) is 0 Å². The minimum atomic E-state index is -0.179. The Balaban J connectivity index is 2.49. The molecule has 0 aliphatic carbocycles. The van der Waals surface area contributed by atoms with Gasteiger partial charge >= 0.3 is 5.97 Å². The van der Waals surface area contributed by atoms with E-state index in [0.29, 0.717) is 6.42 Å². The van der Waals surface area contributed by atoms with Gasteiger partial charge in [-0.15, -0.1) is 11.3 Å². The number of carbonyl (C=O) groups is 1. The maximum Gasteiger partial charge on any atom is 0.310 e. The number of hydrogen-bond acceptors (Lipinski definition) is 3. The molecule has 2 rings (SSSR count). The smallest absolute Gasteiger partial charge is 0.310 e. The van der Waals surface area contributed by atoms with Crippen LogP contribution in [0, 0.1) is 6.92 Å². The Kier molecular flexibility index (Phi) is 2.73. The fourth-order valence-electron chi connectivity index (χ4n) is 1.66. The summed E-state index contributed by atoms with van der Waals surface area (Å²) in [4.78, 5) is 12.5. The van der Waals surface area contributed by atoms with Crippen LogP contribution in [-0.2, 0) is 16.0 Å². The van der Waals surface area contributed by atoms with Gasteiger partial charge in [0, 0.05) is 9.58 Å². The van der Waals surface area contributed by atoms with Gasteiger partial charge in [0.25, 0.3) is 0 Å². The van der Waals surface area contributed by atoms with E-state index in [4.69, 9.17) is 4.74 Å². The minimum absolute atomic E-state index is 0.179. The van der Waals surface area contributed by atoms with E-state index in [1.807, 2.05) is 19.1 Å². The molecule has 0 atom stereocenters. The number of esters is 1. The van der Waals surface area contributed by atoms with Crippen LogP contribution in [0.25, 0.3) is 10.1 Å². The molecule has 0 fully saturated rings. The molecule has 3 heteroatoms. The Morgan fingerprint density at radius 3 is 2.87 bits per heavy atom. The lowest BCUT2D eigenvalue weighted by molar-refractivity contribution is -0.139. The van der Waals surface area contributed by atoms with Crippen LogP contribution in [0.5, 0.6) is 0 Å². The fourth-order valence-corrected chi connectivity index (χ4v) is 2.74. The van der Waals surface area contributed by atoms with Gasteiger partial charge in [-0.25, -0.2) is 0 Å². The summed E-state index contributed by atoms with van der Waals surface area (Å²) >= 11 is 1.72. The molecular formula is C12H12O2S. The van der Waals surface area contributed by atoms with Gasteiger partial charge in [0.15, 0.2) is 0 Å². The van der Waals surface area contributed by atoms with E-state index in [-0.39, 0.29) is 5.97 Å². The number of aryl methyl sites for hydroxylation is 1. The normalized spacial score (nSPS) is 10.5. The van der Waals surface area contributed by atoms with E-state index in [2.05, 4.69) is 12.1 Å². The summed E-state index contributed by atoms with van der Waals surface area (Å²) in [6, 6.07) is 8.14. The number of thiophene rings is 1. The molecule has 1 aromatic heterocycles. The number of benzene rings is 1. The third kappa shape index (κ3) is 1.88. The highest BCUT2D eigenvalue weighted by molar-refractivity contribution is 7.19. The Hall–Kier alpha value is -1.35. The molecule has 78 valence electrons. The van der Waals surface area contributed by atoms with Crippen molar-refractivity contribution < 1.29 is 9.53 Å². The molecule has 1 aromatic carbocycles.